The Kier molecular flexibility index (Phi) is 12.1. The number of hydrogen-bond donors (Lipinski definition) is 4. The lowest BCUT2D eigenvalue weighted by Gasteiger charge is -1.68. The molecule has 0 aromatic rings. The third kappa shape index (κ3) is 73.0. The monoisotopic (exact) mass is 120 g/mol. The molecule has 0 atom stereocenters. The number of thiocarbonyl (C=S) groups is 1. The molecule has 0 aliphatic rings. The molecular formula is C2H8N4S. The molecule has 0 saturated heterocycles. The van der Waals surface area contributed by atoms with Crippen molar-refractivity contribution < 1.29 is 0 Å². The highest BCUT2D eigenvalue weighted by Crippen LogP contribution is 1.32. The van der Waals surface area contributed by atoms with E-state index < -0.39 is 0 Å². The molecule has 0 fully saturated rings. The Morgan fingerprint density at radius 2 is 1.57 bits per heavy atom. The van der Waals surface area contributed by atoms with Gasteiger partial charge >= 0.3 is 0 Å². The molecule has 0 spiro atoms. The molecule has 7 N–H and O–H groups in total. The van der Waals surface area contributed by atoms with Gasteiger partial charge in [0.15, 0.2) is 5.11 Å². The molecular weight excluding hydrogens is 112 g/mol. The van der Waals surface area contributed by atoms with Crippen molar-refractivity contribution >= 4 is 23.7 Å². The molecule has 4 nitrogen and oxygen atoms in total. The minimum atomic E-state index is 0.000000000000000222. The first-order valence-electron chi connectivity index (χ1n) is 1.40. The van der Waals surface area contributed by atoms with Gasteiger partial charge in [0.1, 0.15) is 0 Å². The smallest absolute Gasteiger partial charge is 0.160 e. The van der Waals surface area contributed by atoms with Crippen molar-refractivity contribution in [1.29, 1.82) is 5.41 Å². The fourth-order valence-corrected chi connectivity index (χ4v) is 0. The van der Waals surface area contributed by atoms with E-state index in [1.807, 2.05) is 0 Å². The van der Waals surface area contributed by atoms with Gasteiger partial charge in [0, 0.05) is 0 Å². The summed E-state index contributed by atoms with van der Waals surface area (Å²) in [6.07, 6.45) is 0.750. The van der Waals surface area contributed by atoms with Gasteiger partial charge in [0.2, 0.25) is 0 Å². The van der Waals surface area contributed by atoms with Gasteiger partial charge in [-0.25, -0.2) is 0 Å². The van der Waals surface area contributed by atoms with Crippen LogP contribution in [0.3, 0.4) is 0 Å². The number of hydrogen-bond acceptors (Lipinski definition) is 2. The fraction of sp³-hybridized carbons (Fsp3) is 0. The molecule has 0 aliphatic carbocycles. The second kappa shape index (κ2) is 8.94. The summed E-state index contributed by atoms with van der Waals surface area (Å²) in [4.78, 5) is 0. The molecule has 0 bridgehead atoms. The first kappa shape index (κ1) is 9.48. The van der Waals surface area contributed by atoms with Crippen molar-refractivity contribution in [3.8, 4) is 0 Å². The van der Waals surface area contributed by atoms with E-state index in [1.54, 1.807) is 0 Å². The Labute approximate surface area is 47.2 Å². The molecule has 0 amide bonds. The molecule has 0 unspecified atom stereocenters. The van der Waals surface area contributed by atoms with Gasteiger partial charge in [-0.3, -0.25) is 5.41 Å². The van der Waals surface area contributed by atoms with Gasteiger partial charge in [0.25, 0.3) is 0 Å². The van der Waals surface area contributed by atoms with E-state index in [2.05, 4.69) is 29.4 Å². The lowest BCUT2D eigenvalue weighted by molar-refractivity contribution is 1.52. The van der Waals surface area contributed by atoms with Crippen LogP contribution in [0.5, 0.6) is 0 Å². The highest BCUT2D eigenvalue weighted by molar-refractivity contribution is 7.80. The van der Waals surface area contributed by atoms with Crippen LogP contribution in [0.25, 0.3) is 0 Å². The lowest BCUT2D eigenvalue weighted by Crippen LogP contribution is -2.18. The second-order valence-corrected chi connectivity index (χ2v) is 1.04. The normalized spacial score (nSPS) is 5.14. The molecule has 5 heteroatoms. The molecule has 0 rings (SSSR count). The van der Waals surface area contributed by atoms with Crippen LogP contribution in [-0.4, -0.2) is 11.5 Å². The van der Waals surface area contributed by atoms with Gasteiger partial charge in [-0.05, 0) is 12.2 Å². The molecule has 0 heterocycles. The minimum absolute atomic E-state index is 0.000000000000000222. The maximum absolute atomic E-state index is 5.86. The number of nitrogens with one attached hydrogen (secondary N) is 1. The highest BCUT2D eigenvalue weighted by atomic mass is 32.1. The van der Waals surface area contributed by atoms with Crippen LogP contribution in [0.1, 0.15) is 0 Å². The van der Waals surface area contributed by atoms with Crippen molar-refractivity contribution in [2.24, 2.45) is 17.2 Å². The Morgan fingerprint density at radius 3 is 1.57 bits per heavy atom. The van der Waals surface area contributed by atoms with E-state index >= 15 is 0 Å². The van der Waals surface area contributed by atoms with Crippen LogP contribution < -0.4 is 17.2 Å². The van der Waals surface area contributed by atoms with Crippen molar-refractivity contribution in [3.05, 3.63) is 0 Å². The second-order valence-electron chi connectivity index (χ2n) is 0.569. The quantitative estimate of drug-likeness (QED) is 0.182. The van der Waals surface area contributed by atoms with Crippen LogP contribution in [0.15, 0.2) is 0 Å². The predicted octanol–water partition coefficient (Wildman–Crippen LogP) is -1.26. The van der Waals surface area contributed by atoms with Gasteiger partial charge in [0.05, 0.1) is 6.34 Å². The minimum Gasteiger partial charge on any atom is -0.390 e. The summed E-state index contributed by atoms with van der Waals surface area (Å²) in [6.45, 7) is 0. The van der Waals surface area contributed by atoms with E-state index in [0.717, 1.165) is 6.34 Å². The van der Waals surface area contributed by atoms with Gasteiger partial charge in [-0.2, -0.15) is 0 Å². The summed E-state index contributed by atoms with van der Waals surface area (Å²) in [5.74, 6) is 0. The molecule has 0 radical (unpaired) electrons. The van der Waals surface area contributed by atoms with Crippen LogP contribution in [-0.2, 0) is 0 Å². The van der Waals surface area contributed by atoms with Crippen LogP contribution in [0.2, 0.25) is 0 Å². The van der Waals surface area contributed by atoms with E-state index in [-0.39, 0.29) is 5.11 Å². The largest absolute Gasteiger partial charge is 0.390 e. The average Bonchev–Trinajstić information content (AvgIpc) is 1.33. The zero-order chi connectivity index (χ0) is 6.28. The van der Waals surface area contributed by atoms with Crippen LogP contribution in [0.4, 0.5) is 0 Å². The maximum Gasteiger partial charge on any atom is 0.160 e. The Bertz CT molecular complexity index is 56.7. The number of rotatable bonds is 0. The van der Waals surface area contributed by atoms with Crippen molar-refractivity contribution in [2.45, 2.75) is 0 Å². The Balaban J connectivity index is 0. The molecule has 0 saturated carbocycles. The maximum atomic E-state index is 5.86. The van der Waals surface area contributed by atoms with Gasteiger partial charge in [-0.15, -0.1) is 0 Å². The molecule has 42 valence electrons. The lowest BCUT2D eigenvalue weighted by atomic mass is 11.3. The van der Waals surface area contributed by atoms with E-state index in [0.29, 0.717) is 0 Å². The van der Waals surface area contributed by atoms with E-state index in [1.165, 1.54) is 0 Å². The summed E-state index contributed by atoms with van der Waals surface area (Å²) in [7, 11) is 0. The summed E-state index contributed by atoms with van der Waals surface area (Å²) < 4.78 is 0. The standard InChI is InChI=1S/CH4N2S.CH4N2/c2-1(3)4;2-1-3/h(H4,2,3,4);1H,(H3,2,3). The summed E-state index contributed by atoms with van der Waals surface area (Å²) >= 11 is 4.09. The van der Waals surface area contributed by atoms with E-state index in [4.69, 9.17) is 5.41 Å². The predicted molar refractivity (Wildman–Crippen MR) is 33.9 cm³/mol. The first-order chi connectivity index (χ1) is 3.15. The highest BCUT2D eigenvalue weighted by Gasteiger charge is 1.53. The van der Waals surface area contributed by atoms with Crippen molar-refractivity contribution in [2.75, 3.05) is 0 Å². The first-order valence-corrected chi connectivity index (χ1v) is 1.81. The van der Waals surface area contributed by atoms with Crippen LogP contribution >= 0.6 is 12.2 Å². The Morgan fingerprint density at radius 1 is 1.57 bits per heavy atom. The van der Waals surface area contributed by atoms with Gasteiger partial charge < -0.3 is 17.2 Å². The molecule has 0 aromatic heterocycles. The third-order valence-electron chi connectivity index (χ3n) is 0. The molecule has 0 aliphatic heterocycles. The topological polar surface area (TPSA) is 102 Å². The van der Waals surface area contributed by atoms with Crippen LogP contribution in [0, 0.1) is 5.41 Å². The number of nitrogens with two attached hydrogens (primary N) is 3. The van der Waals surface area contributed by atoms with E-state index in [9.17, 15) is 0 Å². The Hall–Kier alpha value is -0.840. The summed E-state index contributed by atoms with van der Waals surface area (Å²) in [5.41, 5.74) is 13.6. The van der Waals surface area contributed by atoms with Crippen molar-refractivity contribution in [1.82, 2.24) is 0 Å². The zero-order valence-electron chi connectivity index (χ0n) is 3.72. The van der Waals surface area contributed by atoms with Crippen molar-refractivity contribution in [3.63, 3.8) is 0 Å². The molecule has 0 aromatic carbocycles. The SMILES string of the molecule is N=CN.NC(N)=S. The summed E-state index contributed by atoms with van der Waals surface area (Å²) in [5, 5.41) is 5.86. The molecule has 7 heavy (non-hydrogen) atoms. The fourth-order valence-electron chi connectivity index (χ4n) is 0. The summed E-state index contributed by atoms with van der Waals surface area (Å²) in [6, 6.07) is 0. The third-order valence-corrected chi connectivity index (χ3v) is 0. The van der Waals surface area contributed by atoms with Gasteiger partial charge in [-0.1, -0.05) is 0 Å². The average molecular weight is 120 g/mol. The zero-order valence-corrected chi connectivity index (χ0v) is 4.53.